The second kappa shape index (κ2) is 5.64. The third kappa shape index (κ3) is 2.60. The lowest BCUT2D eigenvalue weighted by molar-refractivity contribution is -0.134. The predicted octanol–water partition coefficient (Wildman–Crippen LogP) is 3.94. The normalized spacial score (nSPS) is 28.8. The van der Waals surface area contributed by atoms with E-state index in [1.807, 2.05) is 4.90 Å². The van der Waals surface area contributed by atoms with Gasteiger partial charge < -0.3 is 4.90 Å². The van der Waals surface area contributed by atoms with Crippen LogP contribution in [0.25, 0.3) is 0 Å². The van der Waals surface area contributed by atoms with Gasteiger partial charge in [0.05, 0.1) is 6.42 Å². The van der Waals surface area contributed by atoms with Crippen molar-refractivity contribution in [1.82, 2.24) is 4.90 Å². The van der Waals surface area contributed by atoms with Gasteiger partial charge in [-0.1, -0.05) is 33.6 Å². The molecule has 0 spiro atoms. The first-order valence-electron chi connectivity index (χ1n) is 6.94. The highest BCUT2D eigenvalue weighted by atomic mass is 79.9. The molecule has 2 bridgehead atoms. The first-order valence-corrected chi connectivity index (χ1v) is 8.23. The van der Waals surface area contributed by atoms with E-state index in [1.54, 1.807) is 12.1 Å². The molecule has 2 aliphatic heterocycles. The molecule has 1 amide bonds. The van der Waals surface area contributed by atoms with Crippen LogP contribution in [0, 0.1) is 5.82 Å². The number of alkyl halides is 1. The van der Waals surface area contributed by atoms with E-state index in [1.165, 1.54) is 6.07 Å². The quantitative estimate of drug-likeness (QED) is 0.732. The molecular formula is C15H16BrClFNO. The van der Waals surface area contributed by atoms with E-state index in [0.29, 0.717) is 27.5 Å². The third-order valence-electron chi connectivity index (χ3n) is 4.35. The molecule has 2 aliphatic rings. The molecule has 1 aromatic rings. The lowest BCUT2D eigenvalue weighted by atomic mass is 10.0. The van der Waals surface area contributed by atoms with E-state index in [2.05, 4.69) is 15.9 Å². The maximum Gasteiger partial charge on any atom is 0.227 e. The number of piperidine rings is 1. The van der Waals surface area contributed by atoms with Crippen LogP contribution in [0.2, 0.25) is 5.02 Å². The topological polar surface area (TPSA) is 20.3 Å². The smallest absolute Gasteiger partial charge is 0.227 e. The van der Waals surface area contributed by atoms with Gasteiger partial charge in [-0.3, -0.25) is 4.79 Å². The lowest BCUT2D eigenvalue weighted by Gasteiger charge is -2.37. The highest BCUT2D eigenvalue weighted by Crippen LogP contribution is 2.39. The second-order valence-electron chi connectivity index (χ2n) is 5.63. The second-order valence-corrected chi connectivity index (χ2v) is 7.33. The summed E-state index contributed by atoms with van der Waals surface area (Å²) < 4.78 is 13.8. The van der Waals surface area contributed by atoms with Crippen LogP contribution in [0.3, 0.4) is 0 Å². The zero-order chi connectivity index (χ0) is 14.3. The summed E-state index contributed by atoms with van der Waals surface area (Å²) in [5.74, 6) is -0.391. The minimum Gasteiger partial charge on any atom is -0.336 e. The van der Waals surface area contributed by atoms with Crippen molar-refractivity contribution in [3.05, 3.63) is 34.6 Å². The molecule has 0 saturated carbocycles. The lowest BCUT2D eigenvalue weighted by Crippen LogP contribution is -2.47. The number of hydrogen-bond acceptors (Lipinski definition) is 1. The fraction of sp³-hybridized carbons (Fsp3) is 0.533. The van der Waals surface area contributed by atoms with Crippen molar-refractivity contribution >= 4 is 33.4 Å². The number of carbonyl (C=O) groups excluding carboxylic acids is 1. The molecule has 0 radical (unpaired) electrons. The first-order chi connectivity index (χ1) is 9.56. The van der Waals surface area contributed by atoms with Gasteiger partial charge >= 0.3 is 0 Å². The molecule has 0 aliphatic carbocycles. The number of benzene rings is 1. The molecule has 2 atom stereocenters. The van der Waals surface area contributed by atoms with Crippen molar-refractivity contribution in [1.29, 1.82) is 0 Å². The predicted molar refractivity (Wildman–Crippen MR) is 80.7 cm³/mol. The molecule has 1 aromatic carbocycles. The first kappa shape index (κ1) is 14.3. The Bertz CT molecular complexity index is 504. The average Bonchev–Trinajstić information content (AvgIpc) is 2.66. The number of amides is 1. The maximum atomic E-state index is 13.8. The minimum atomic E-state index is -0.395. The third-order valence-corrected chi connectivity index (χ3v) is 5.45. The highest BCUT2D eigenvalue weighted by Gasteiger charge is 2.42. The van der Waals surface area contributed by atoms with Gasteiger partial charge in [0.15, 0.2) is 0 Å². The summed E-state index contributed by atoms with van der Waals surface area (Å²) in [4.78, 5) is 15.0. The summed E-state index contributed by atoms with van der Waals surface area (Å²) in [5, 5.41) is 0.334. The van der Waals surface area contributed by atoms with Gasteiger partial charge in [-0.05, 0) is 37.8 Å². The Balaban J connectivity index is 1.77. The van der Waals surface area contributed by atoms with Gasteiger partial charge in [-0.25, -0.2) is 4.39 Å². The average molecular weight is 361 g/mol. The molecule has 2 saturated heterocycles. The molecule has 2 nitrogen and oxygen atoms in total. The summed E-state index contributed by atoms with van der Waals surface area (Å²) in [6, 6.07) is 5.15. The van der Waals surface area contributed by atoms with Crippen LogP contribution >= 0.6 is 27.5 Å². The van der Waals surface area contributed by atoms with Crippen molar-refractivity contribution < 1.29 is 9.18 Å². The Morgan fingerprint density at radius 2 is 2.00 bits per heavy atom. The van der Waals surface area contributed by atoms with Crippen molar-refractivity contribution in [3.8, 4) is 0 Å². The maximum absolute atomic E-state index is 13.8. The molecule has 108 valence electrons. The molecule has 5 heteroatoms. The standard InChI is InChI=1S/C15H16BrClFNO/c16-9-6-10-4-5-11(7-9)19(10)15(20)8-12-13(17)2-1-3-14(12)18/h1-3,9-11H,4-8H2. The van der Waals surface area contributed by atoms with Crippen LogP contribution in [0.15, 0.2) is 18.2 Å². The Morgan fingerprint density at radius 1 is 1.35 bits per heavy atom. The zero-order valence-electron chi connectivity index (χ0n) is 11.0. The summed E-state index contributed by atoms with van der Waals surface area (Å²) in [7, 11) is 0. The van der Waals surface area contributed by atoms with Gasteiger partial charge in [-0.15, -0.1) is 0 Å². The van der Waals surface area contributed by atoms with Crippen LogP contribution in [0.5, 0.6) is 0 Å². The van der Waals surface area contributed by atoms with E-state index in [4.69, 9.17) is 11.6 Å². The highest BCUT2D eigenvalue weighted by molar-refractivity contribution is 9.09. The molecule has 20 heavy (non-hydrogen) atoms. The number of halogens is 3. The Labute approximate surface area is 131 Å². The summed E-state index contributed by atoms with van der Waals surface area (Å²) in [6.45, 7) is 0. The number of rotatable bonds is 2. The van der Waals surface area contributed by atoms with Gasteiger partial charge in [0.25, 0.3) is 0 Å². The van der Waals surface area contributed by atoms with Crippen molar-refractivity contribution in [2.75, 3.05) is 0 Å². The van der Waals surface area contributed by atoms with E-state index in [0.717, 1.165) is 25.7 Å². The zero-order valence-corrected chi connectivity index (χ0v) is 13.3. The summed E-state index contributed by atoms with van der Waals surface area (Å²) in [5.41, 5.74) is 0.319. The summed E-state index contributed by atoms with van der Waals surface area (Å²) >= 11 is 9.66. The van der Waals surface area contributed by atoms with E-state index in [-0.39, 0.29) is 12.3 Å². The molecule has 2 heterocycles. The van der Waals surface area contributed by atoms with Crippen LogP contribution in [0.1, 0.15) is 31.2 Å². The van der Waals surface area contributed by atoms with Gasteiger partial charge in [0, 0.05) is 27.5 Å². The van der Waals surface area contributed by atoms with Crippen molar-refractivity contribution in [3.63, 3.8) is 0 Å². The number of fused-ring (bicyclic) bond motifs is 2. The van der Waals surface area contributed by atoms with Gasteiger partial charge in [-0.2, -0.15) is 0 Å². The minimum absolute atomic E-state index is 0.00361. The van der Waals surface area contributed by atoms with E-state index < -0.39 is 5.82 Å². The molecular weight excluding hydrogens is 345 g/mol. The molecule has 2 fully saturated rings. The van der Waals surface area contributed by atoms with Crippen molar-refractivity contribution in [2.24, 2.45) is 0 Å². The van der Waals surface area contributed by atoms with Crippen LogP contribution < -0.4 is 0 Å². The fourth-order valence-corrected chi connectivity index (χ4v) is 4.55. The van der Waals surface area contributed by atoms with Crippen molar-refractivity contribution in [2.45, 2.75) is 49.0 Å². The Kier molecular flexibility index (Phi) is 4.04. The number of nitrogens with zero attached hydrogens (tertiary/aromatic N) is 1. The molecule has 0 N–H and O–H groups in total. The van der Waals surface area contributed by atoms with Gasteiger partial charge in [0.1, 0.15) is 5.82 Å². The van der Waals surface area contributed by atoms with E-state index in [9.17, 15) is 9.18 Å². The molecule has 3 rings (SSSR count). The van der Waals surface area contributed by atoms with Gasteiger partial charge in [0.2, 0.25) is 5.91 Å². The monoisotopic (exact) mass is 359 g/mol. The fourth-order valence-electron chi connectivity index (χ4n) is 3.46. The SMILES string of the molecule is O=C(Cc1c(F)cccc1Cl)N1C2CCC1CC(Br)C2. The van der Waals surface area contributed by atoms with Crippen LogP contribution in [-0.2, 0) is 11.2 Å². The number of hydrogen-bond donors (Lipinski definition) is 0. The Hall–Kier alpha value is -0.610. The molecule has 0 aromatic heterocycles. The van der Waals surface area contributed by atoms with Crippen LogP contribution in [-0.4, -0.2) is 27.7 Å². The Morgan fingerprint density at radius 3 is 2.60 bits per heavy atom. The molecule has 2 unspecified atom stereocenters. The largest absolute Gasteiger partial charge is 0.336 e. The van der Waals surface area contributed by atoms with E-state index >= 15 is 0 Å². The number of carbonyl (C=O) groups is 1. The van der Waals surface area contributed by atoms with Crippen LogP contribution in [0.4, 0.5) is 4.39 Å². The summed E-state index contributed by atoms with van der Waals surface area (Å²) in [6.07, 6.45) is 4.17.